The zero-order valence-corrected chi connectivity index (χ0v) is 17.3. The first kappa shape index (κ1) is 20.6. The van der Waals surface area contributed by atoms with Crippen LogP contribution >= 0.6 is 7.60 Å². The van der Waals surface area contributed by atoms with Crippen LogP contribution in [0.2, 0.25) is 0 Å². The van der Waals surface area contributed by atoms with E-state index in [9.17, 15) is 17.5 Å². The van der Waals surface area contributed by atoms with Gasteiger partial charge in [-0.2, -0.15) is 0 Å². The fourth-order valence-corrected chi connectivity index (χ4v) is 3.63. The van der Waals surface area contributed by atoms with Crippen molar-refractivity contribution in [2.45, 2.75) is 30.6 Å². The first-order valence-corrected chi connectivity index (χ1v) is 9.35. The molecule has 0 aromatic heterocycles. The standard InChI is InChI=1S/C12H16NO6PS.K/c1-8-12(2,5-6-20(14,15)16)10-7-9(21(17,18)19)3-4-11(10)13-8;/h3-4,7H,5-6H2,1-2H3,(H2,14,15,16)(H,17,18,19);/q;+1/p-1. The number of fused-ring (bicyclic) bond motifs is 1. The average molecular weight is 371 g/mol. The Bertz CT molecular complexity index is 772. The summed E-state index contributed by atoms with van der Waals surface area (Å²) in [5.74, 6) is 0. The summed E-state index contributed by atoms with van der Waals surface area (Å²) in [5.41, 5.74) is 0.863. The summed E-state index contributed by atoms with van der Waals surface area (Å²) in [6.07, 6.45) is -0.230. The predicted molar refractivity (Wildman–Crippen MR) is 76.1 cm³/mol. The van der Waals surface area contributed by atoms with Crippen LogP contribution in [0.15, 0.2) is 28.1 Å². The van der Waals surface area contributed by atoms with Gasteiger partial charge in [0.1, 0.15) is 10.1 Å². The number of benzene rings is 1. The van der Waals surface area contributed by atoms with E-state index in [4.69, 9.17) is 9.79 Å². The molecule has 2 N–H and O–H groups in total. The maximum absolute atomic E-state index is 11.1. The van der Waals surface area contributed by atoms with Gasteiger partial charge in [0.2, 0.25) is 0 Å². The molecule has 0 aliphatic carbocycles. The van der Waals surface area contributed by atoms with Gasteiger partial charge in [-0.3, -0.25) is 9.56 Å². The van der Waals surface area contributed by atoms with Crippen LogP contribution < -0.4 is 51.4 Å². The van der Waals surface area contributed by atoms with Crippen LogP contribution in [0, 0.1) is 0 Å². The van der Waals surface area contributed by atoms with Gasteiger partial charge in [-0.05, 0) is 37.1 Å². The summed E-state index contributed by atoms with van der Waals surface area (Å²) < 4.78 is 44.5. The van der Waals surface area contributed by atoms with Gasteiger partial charge in [-0.1, -0.05) is 6.92 Å². The molecule has 0 spiro atoms. The Morgan fingerprint density at radius 2 is 1.95 bits per heavy atom. The fraction of sp³-hybridized carbons (Fsp3) is 0.417. The third-order valence-electron chi connectivity index (χ3n) is 3.84. The first-order chi connectivity index (χ1) is 9.43. The van der Waals surface area contributed by atoms with Gasteiger partial charge >= 0.3 is 59.0 Å². The third kappa shape index (κ3) is 4.35. The maximum Gasteiger partial charge on any atom is 1.00 e. The molecular formula is C12H15KNO6PS. The van der Waals surface area contributed by atoms with Crippen molar-refractivity contribution >= 4 is 29.1 Å². The molecule has 1 aliphatic rings. The third-order valence-corrected chi connectivity index (χ3v) is 5.48. The summed E-state index contributed by atoms with van der Waals surface area (Å²) in [6.45, 7) is 3.44. The fourth-order valence-electron chi connectivity index (χ4n) is 2.39. The Morgan fingerprint density at radius 1 is 1.36 bits per heavy atom. The summed E-state index contributed by atoms with van der Waals surface area (Å²) in [4.78, 5) is 22.0. The summed E-state index contributed by atoms with van der Waals surface area (Å²) in [6, 6.07) is 3.87. The van der Waals surface area contributed by atoms with Crippen molar-refractivity contribution in [2.75, 3.05) is 6.16 Å². The van der Waals surface area contributed by atoms with Gasteiger partial charge in [-0.25, -0.2) is 8.42 Å². The zero-order valence-electron chi connectivity index (χ0n) is 12.5. The van der Waals surface area contributed by atoms with Crippen LogP contribution in [0.4, 0.5) is 5.69 Å². The number of hydrogen-bond acceptors (Lipinski definition) is 5. The number of aliphatic imine (C=N–C) groups is 1. The minimum Gasteiger partial charge on any atom is -0.744 e. The maximum atomic E-state index is 11.1. The van der Waals surface area contributed by atoms with E-state index < -0.39 is 23.1 Å². The molecule has 22 heavy (non-hydrogen) atoms. The molecule has 10 heteroatoms. The van der Waals surface area contributed by atoms with Gasteiger partial charge in [-0.15, -0.1) is 0 Å². The van der Waals surface area contributed by atoms with E-state index in [1.807, 2.05) is 0 Å². The van der Waals surface area contributed by atoms with Gasteiger partial charge < -0.3 is 14.3 Å². The SMILES string of the molecule is CC1=Nc2ccc(S(=O)(=O)[O-])cc2C1(C)CCP(=O)(O)O.[K+]. The Labute approximate surface area is 171 Å². The van der Waals surface area contributed by atoms with E-state index in [2.05, 4.69) is 4.99 Å². The topological polar surface area (TPSA) is 127 Å². The molecule has 0 amide bonds. The minimum atomic E-state index is -4.59. The predicted octanol–water partition coefficient (Wildman–Crippen LogP) is -1.47. The van der Waals surface area contributed by atoms with E-state index in [-0.39, 0.29) is 68.9 Å². The molecule has 0 radical (unpaired) electrons. The van der Waals surface area contributed by atoms with Crippen molar-refractivity contribution < 1.29 is 78.7 Å². The summed E-state index contributed by atoms with van der Waals surface area (Å²) in [7, 11) is -8.77. The smallest absolute Gasteiger partial charge is 0.744 e. The van der Waals surface area contributed by atoms with Crippen molar-refractivity contribution in [1.29, 1.82) is 0 Å². The van der Waals surface area contributed by atoms with E-state index in [0.29, 0.717) is 17.0 Å². The molecule has 0 bridgehead atoms. The summed E-state index contributed by atoms with van der Waals surface area (Å²) in [5, 5.41) is 0. The monoisotopic (exact) mass is 371 g/mol. The Kier molecular flexibility index (Phi) is 6.41. The number of nitrogens with zero attached hydrogens (tertiary/aromatic N) is 1. The van der Waals surface area contributed by atoms with Crippen LogP contribution in [0.25, 0.3) is 0 Å². The van der Waals surface area contributed by atoms with E-state index in [1.165, 1.54) is 18.2 Å². The van der Waals surface area contributed by atoms with Crippen molar-refractivity contribution in [3.05, 3.63) is 23.8 Å². The molecule has 0 saturated carbocycles. The van der Waals surface area contributed by atoms with Gasteiger partial charge in [0.25, 0.3) is 0 Å². The Morgan fingerprint density at radius 3 is 2.45 bits per heavy atom. The van der Waals surface area contributed by atoms with Crippen LogP contribution in [-0.4, -0.2) is 34.6 Å². The molecule has 7 nitrogen and oxygen atoms in total. The Balaban J connectivity index is 0.00000242. The van der Waals surface area contributed by atoms with Gasteiger partial charge in [0.05, 0.1) is 16.7 Å². The second-order valence-electron chi connectivity index (χ2n) is 5.30. The zero-order chi connectivity index (χ0) is 16.1. The average Bonchev–Trinajstić information content (AvgIpc) is 2.58. The van der Waals surface area contributed by atoms with Crippen LogP contribution in [0.1, 0.15) is 25.8 Å². The molecule has 0 saturated heterocycles. The van der Waals surface area contributed by atoms with Crippen molar-refractivity contribution in [3.8, 4) is 0 Å². The largest absolute Gasteiger partial charge is 1.00 e. The normalized spacial score (nSPS) is 21.0. The number of hydrogen-bond donors (Lipinski definition) is 2. The first-order valence-electron chi connectivity index (χ1n) is 6.14. The van der Waals surface area contributed by atoms with Crippen molar-refractivity contribution in [2.24, 2.45) is 4.99 Å². The molecule has 1 aromatic carbocycles. The summed E-state index contributed by atoms with van der Waals surface area (Å²) >= 11 is 0. The molecule has 1 heterocycles. The van der Waals surface area contributed by atoms with Crippen LogP contribution in [-0.2, 0) is 20.1 Å². The van der Waals surface area contributed by atoms with E-state index in [1.54, 1.807) is 13.8 Å². The van der Waals surface area contributed by atoms with Gasteiger partial charge in [0.15, 0.2) is 0 Å². The second-order valence-corrected chi connectivity index (χ2v) is 8.46. The van der Waals surface area contributed by atoms with Crippen LogP contribution in [0.3, 0.4) is 0 Å². The van der Waals surface area contributed by atoms with Crippen molar-refractivity contribution in [3.63, 3.8) is 0 Å². The van der Waals surface area contributed by atoms with E-state index in [0.717, 1.165) is 0 Å². The minimum absolute atomic E-state index is 0. The molecule has 116 valence electrons. The molecular weight excluding hydrogens is 356 g/mol. The quantitative estimate of drug-likeness (QED) is 0.378. The molecule has 2 rings (SSSR count). The molecule has 0 fully saturated rings. The molecule has 1 aliphatic heterocycles. The molecule has 1 aromatic rings. The number of rotatable bonds is 4. The van der Waals surface area contributed by atoms with Gasteiger partial charge in [0, 0.05) is 11.1 Å². The molecule has 1 atom stereocenters. The van der Waals surface area contributed by atoms with Crippen molar-refractivity contribution in [1.82, 2.24) is 0 Å². The Hall–Kier alpha value is 0.586. The molecule has 1 unspecified atom stereocenters. The second kappa shape index (κ2) is 6.83. The van der Waals surface area contributed by atoms with Crippen LogP contribution in [0.5, 0.6) is 0 Å². The van der Waals surface area contributed by atoms with E-state index >= 15 is 0 Å².